The van der Waals surface area contributed by atoms with Gasteiger partial charge in [0, 0.05) is 33.5 Å². The van der Waals surface area contributed by atoms with E-state index >= 15 is 0 Å². The van der Waals surface area contributed by atoms with Gasteiger partial charge in [-0.2, -0.15) is 0 Å². The highest BCUT2D eigenvalue weighted by molar-refractivity contribution is 6.25. The Hall–Kier alpha value is -6.64. The third-order valence-electron chi connectivity index (χ3n) is 9.84. The van der Waals surface area contributed by atoms with Gasteiger partial charge in [-0.25, -0.2) is 0 Å². The molecule has 0 aliphatic carbocycles. The Bertz CT molecular complexity index is 3090. The van der Waals surface area contributed by atoms with Crippen LogP contribution >= 0.6 is 0 Å². The van der Waals surface area contributed by atoms with Gasteiger partial charge >= 0.3 is 0 Å². The van der Waals surface area contributed by atoms with E-state index in [1.54, 1.807) is 0 Å². The first kappa shape index (κ1) is 23.6. The molecule has 50 heavy (non-hydrogen) atoms. The predicted octanol–water partition coefficient (Wildman–Crippen LogP) is 13.4. The Morgan fingerprint density at radius 3 is 1.54 bits per heavy atom. The van der Waals surface area contributed by atoms with Crippen molar-refractivity contribution in [1.82, 2.24) is 4.57 Å². The molecule has 2 nitrogen and oxygen atoms in total. The number of rotatable bonds is 5. The number of anilines is 3. The maximum atomic E-state index is 9.17. The highest BCUT2D eigenvalue weighted by Gasteiger charge is 2.19. The molecule has 234 valence electrons. The summed E-state index contributed by atoms with van der Waals surface area (Å²) in [5.41, 5.74) is 6.66. The number of hydrogen-bond acceptors (Lipinski definition) is 1. The first-order valence-corrected chi connectivity index (χ1v) is 16.8. The third kappa shape index (κ3) is 4.50. The molecule has 0 aliphatic rings. The lowest BCUT2D eigenvalue weighted by atomic mass is 9.94. The van der Waals surface area contributed by atoms with Crippen LogP contribution in [0.2, 0.25) is 0 Å². The van der Waals surface area contributed by atoms with Gasteiger partial charge in [-0.15, -0.1) is 0 Å². The molecule has 9 aromatic carbocycles. The maximum absolute atomic E-state index is 9.17. The number of fused-ring (bicyclic) bond motifs is 9. The molecular formula is C48H32N2. The zero-order valence-electron chi connectivity index (χ0n) is 32.0. The van der Waals surface area contributed by atoms with Gasteiger partial charge in [-0.3, -0.25) is 0 Å². The molecule has 0 atom stereocenters. The second-order valence-electron chi connectivity index (χ2n) is 12.6. The van der Waals surface area contributed by atoms with E-state index < -0.39 is 6.04 Å². The monoisotopic (exact) mass is 641 g/mol. The summed E-state index contributed by atoms with van der Waals surface area (Å²) in [6.45, 7) is 0. The van der Waals surface area contributed by atoms with Crippen LogP contribution in [0.3, 0.4) is 0 Å². The first-order valence-electron chi connectivity index (χ1n) is 19.3. The van der Waals surface area contributed by atoms with Crippen LogP contribution in [0.4, 0.5) is 17.1 Å². The van der Waals surface area contributed by atoms with Crippen molar-refractivity contribution in [2.45, 2.75) is 0 Å². The molecule has 0 fully saturated rings. The van der Waals surface area contributed by atoms with Crippen molar-refractivity contribution < 1.29 is 6.85 Å². The Labute approximate surface area is 297 Å². The van der Waals surface area contributed by atoms with E-state index in [9.17, 15) is 0 Å². The molecule has 0 saturated heterocycles. The number of hydrogen-bond donors (Lipinski definition) is 0. The standard InChI is InChI=1S/C48H32N2/c1-3-13-33(14-4-1)34-23-25-36(26-24-34)50-47-22-12-11-21-44(47)45-30-28-38(32-48(45)50)49(35-15-5-2-6-16-35)37-27-29-43-41-19-8-7-17-39(41)40-18-9-10-20-42(40)46(43)31-37/h1-32H/i2D,5D,6D,15D,16D. The molecule has 0 aliphatic heterocycles. The van der Waals surface area contributed by atoms with Crippen LogP contribution in [0.1, 0.15) is 6.85 Å². The first-order chi connectivity index (χ1) is 26.9. The van der Waals surface area contributed by atoms with Crippen molar-refractivity contribution in [3.05, 3.63) is 194 Å². The highest BCUT2D eigenvalue weighted by Crippen LogP contribution is 2.42. The molecule has 0 saturated carbocycles. The van der Waals surface area contributed by atoms with Crippen LogP contribution in [0.5, 0.6) is 0 Å². The number of benzene rings is 9. The number of aromatic nitrogens is 1. The van der Waals surface area contributed by atoms with Crippen LogP contribution in [-0.4, -0.2) is 4.57 Å². The fourth-order valence-electron chi connectivity index (χ4n) is 7.61. The summed E-state index contributed by atoms with van der Waals surface area (Å²) >= 11 is 0. The molecular weight excluding hydrogens is 605 g/mol. The average molecular weight is 642 g/mol. The van der Waals surface area contributed by atoms with E-state index in [2.05, 4.69) is 108 Å². The molecule has 1 aromatic heterocycles. The quantitative estimate of drug-likeness (QED) is 0.170. The Balaban J connectivity index is 1.25. The lowest BCUT2D eigenvalue weighted by Gasteiger charge is -2.26. The van der Waals surface area contributed by atoms with Crippen molar-refractivity contribution in [2.24, 2.45) is 0 Å². The largest absolute Gasteiger partial charge is 0.310 e. The fourth-order valence-corrected chi connectivity index (χ4v) is 7.61. The topological polar surface area (TPSA) is 8.17 Å². The Kier molecular flexibility index (Phi) is 5.44. The smallest absolute Gasteiger partial charge is 0.0645 e. The van der Waals surface area contributed by atoms with Crippen molar-refractivity contribution >= 4 is 71.2 Å². The van der Waals surface area contributed by atoms with E-state index in [4.69, 9.17) is 6.85 Å². The molecule has 0 bridgehead atoms. The lowest BCUT2D eigenvalue weighted by molar-refractivity contribution is 1.18. The van der Waals surface area contributed by atoms with Gasteiger partial charge in [0.05, 0.1) is 17.9 Å². The minimum atomic E-state index is -0.427. The van der Waals surface area contributed by atoms with Crippen LogP contribution in [0.25, 0.3) is 70.9 Å². The summed E-state index contributed by atoms with van der Waals surface area (Å²) in [5, 5.41) is 8.72. The molecule has 0 spiro atoms. The molecule has 1 heterocycles. The lowest BCUT2D eigenvalue weighted by Crippen LogP contribution is -2.10. The normalized spacial score (nSPS) is 13.0. The van der Waals surface area contributed by atoms with Crippen molar-refractivity contribution in [3.63, 3.8) is 0 Å². The van der Waals surface area contributed by atoms with Crippen LogP contribution in [-0.2, 0) is 0 Å². The van der Waals surface area contributed by atoms with Gasteiger partial charge in [0.2, 0.25) is 0 Å². The Morgan fingerprint density at radius 2 is 0.860 bits per heavy atom. The fraction of sp³-hybridized carbons (Fsp3) is 0. The second kappa shape index (κ2) is 11.5. The van der Waals surface area contributed by atoms with E-state index in [1.165, 1.54) is 0 Å². The minimum Gasteiger partial charge on any atom is -0.310 e. The number of nitrogens with zero attached hydrogens (tertiary/aromatic N) is 2. The summed E-state index contributed by atoms with van der Waals surface area (Å²) in [7, 11) is 0. The summed E-state index contributed by atoms with van der Waals surface area (Å²) in [4.78, 5) is 1.82. The van der Waals surface area contributed by atoms with Gasteiger partial charge < -0.3 is 9.47 Å². The molecule has 0 amide bonds. The SMILES string of the molecule is [2H]c1c([2H])c([2H])c(N(c2ccc3c4ccccc4c4ccccc4c3c2)c2ccc3c4ccccc4n(-c4ccc(-c5ccccc5)cc4)c3c2)c([2H])c1[2H]. The Morgan fingerprint density at radius 1 is 0.360 bits per heavy atom. The van der Waals surface area contributed by atoms with Crippen molar-refractivity contribution in [1.29, 1.82) is 0 Å². The van der Waals surface area contributed by atoms with E-state index in [0.29, 0.717) is 11.4 Å². The van der Waals surface area contributed by atoms with Gasteiger partial charge in [-0.1, -0.05) is 139 Å². The van der Waals surface area contributed by atoms with E-state index in [1.807, 2.05) is 65.6 Å². The molecule has 10 rings (SSSR count). The predicted molar refractivity (Wildman–Crippen MR) is 213 cm³/mol. The third-order valence-corrected chi connectivity index (χ3v) is 9.84. The van der Waals surface area contributed by atoms with E-state index in [-0.39, 0.29) is 29.9 Å². The highest BCUT2D eigenvalue weighted by atomic mass is 15.1. The summed E-state index contributed by atoms with van der Waals surface area (Å²) in [6.07, 6.45) is 0. The molecule has 0 unspecified atom stereocenters. The zero-order chi connectivity index (χ0) is 37.4. The average Bonchev–Trinajstić information content (AvgIpc) is 3.57. The molecule has 0 N–H and O–H groups in total. The molecule has 0 radical (unpaired) electrons. The minimum absolute atomic E-state index is 0.0877. The van der Waals surface area contributed by atoms with Gasteiger partial charge in [0.25, 0.3) is 0 Å². The van der Waals surface area contributed by atoms with Gasteiger partial charge in [0.1, 0.15) is 0 Å². The van der Waals surface area contributed by atoms with Crippen LogP contribution < -0.4 is 4.90 Å². The molecule has 10 aromatic rings. The second-order valence-corrected chi connectivity index (χ2v) is 12.6. The van der Waals surface area contributed by atoms with Crippen molar-refractivity contribution in [3.8, 4) is 16.8 Å². The van der Waals surface area contributed by atoms with Gasteiger partial charge in [0.15, 0.2) is 0 Å². The van der Waals surface area contributed by atoms with E-state index in [0.717, 1.165) is 70.9 Å². The van der Waals surface area contributed by atoms with Crippen LogP contribution in [0.15, 0.2) is 194 Å². The van der Waals surface area contributed by atoms with Crippen LogP contribution in [0, 0.1) is 0 Å². The number of para-hydroxylation sites is 2. The summed E-state index contributed by atoms with van der Waals surface area (Å²) in [6, 6.07) is 54.5. The van der Waals surface area contributed by atoms with Gasteiger partial charge in [-0.05, 0) is 98.0 Å². The maximum Gasteiger partial charge on any atom is 0.0645 e. The summed E-state index contributed by atoms with van der Waals surface area (Å²) < 4.78 is 46.3. The summed E-state index contributed by atoms with van der Waals surface area (Å²) in [5.74, 6) is 0. The van der Waals surface area contributed by atoms with Crippen molar-refractivity contribution in [2.75, 3.05) is 4.90 Å². The molecule has 2 heteroatoms. The zero-order valence-corrected chi connectivity index (χ0v) is 27.0.